The minimum absolute atomic E-state index is 0.205. The Labute approximate surface area is 124 Å². The second kappa shape index (κ2) is 5.79. The van der Waals surface area contributed by atoms with Crippen LogP contribution in [0.4, 0.5) is 4.39 Å². The number of ether oxygens (including phenoxy) is 1. The van der Waals surface area contributed by atoms with E-state index >= 15 is 0 Å². The van der Waals surface area contributed by atoms with Gasteiger partial charge in [0.25, 0.3) is 0 Å². The number of sulfone groups is 1. The lowest BCUT2D eigenvalue weighted by Gasteiger charge is -2.29. The van der Waals surface area contributed by atoms with E-state index in [-0.39, 0.29) is 17.1 Å². The highest BCUT2D eigenvalue weighted by atomic mass is 79.9. The fourth-order valence-electron chi connectivity index (χ4n) is 2.15. The number of nitrogens with one attached hydrogen (secondary N) is 1. The van der Waals surface area contributed by atoms with Crippen LogP contribution in [0.3, 0.4) is 0 Å². The number of halogens is 2. The van der Waals surface area contributed by atoms with Crippen LogP contribution in [0.2, 0.25) is 0 Å². The first-order chi connectivity index (χ1) is 9.32. The first-order valence-corrected chi connectivity index (χ1v) is 8.43. The second-order valence-corrected chi connectivity index (χ2v) is 7.61. The van der Waals surface area contributed by atoms with Crippen molar-refractivity contribution in [3.05, 3.63) is 34.1 Å². The number of esters is 1. The summed E-state index contributed by atoms with van der Waals surface area (Å²) >= 11 is 3.21. The molecule has 2 atom stereocenters. The summed E-state index contributed by atoms with van der Waals surface area (Å²) < 4.78 is 42.8. The molecule has 5 nitrogen and oxygen atoms in total. The predicted molar refractivity (Wildman–Crippen MR) is 74.4 cm³/mol. The molecule has 0 aliphatic carbocycles. The topological polar surface area (TPSA) is 72.5 Å². The van der Waals surface area contributed by atoms with Gasteiger partial charge in [-0.1, -0.05) is 15.9 Å². The lowest BCUT2D eigenvalue weighted by molar-refractivity contribution is -0.142. The van der Waals surface area contributed by atoms with E-state index in [1.807, 2.05) is 0 Å². The molecule has 1 fully saturated rings. The van der Waals surface area contributed by atoms with E-state index in [9.17, 15) is 17.6 Å². The summed E-state index contributed by atoms with van der Waals surface area (Å²) in [7, 11) is -2.28. The van der Waals surface area contributed by atoms with Crippen LogP contribution >= 0.6 is 15.9 Å². The third-order valence-corrected chi connectivity index (χ3v) is 5.24. The fraction of sp³-hybridized carbons (Fsp3) is 0.417. The van der Waals surface area contributed by atoms with Gasteiger partial charge in [-0.25, -0.2) is 12.8 Å². The average molecular weight is 366 g/mol. The molecule has 0 radical (unpaired) electrons. The van der Waals surface area contributed by atoms with Crippen molar-refractivity contribution in [3.8, 4) is 0 Å². The Morgan fingerprint density at radius 3 is 2.80 bits per heavy atom. The molecule has 0 bridgehead atoms. The Bertz CT molecular complexity index is 634. The number of methoxy groups -OCH3 is 1. The zero-order valence-corrected chi connectivity index (χ0v) is 13.0. The highest BCUT2D eigenvalue weighted by Gasteiger charge is 2.37. The standard InChI is InChI=1S/C12H13BrFNO4S/c1-19-12(16)11-6-20(17,18)5-10(15-11)8-4-7(13)2-3-9(8)14/h2-4,10-11,15H,5-6H2,1H3. The maximum Gasteiger partial charge on any atom is 0.323 e. The molecule has 0 amide bonds. The van der Waals surface area contributed by atoms with Gasteiger partial charge < -0.3 is 4.74 Å². The molecule has 1 saturated heterocycles. The van der Waals surface area contributed by atoms with Gasteiger partial charge in [0.05, 0.1) is 18.6 Å². The van der Waals surface area contributed by atoms with Gasteiger partial charge in [-0.05, 0) is 18.2 Å². The highest BCUT2D eigenvalue weighted by molar-refractivity contribution is 9.10. The zero-order chi connectivity index (χ0) is 14.9. The van der Waals surface area contributed by atoms with E-state index in [0.29, 0.717) is 4.47 Å². The smallest absolute Gasteiger partial charge is 0.323 e. The number of hydrogen-bond acceptors (Lipinski definition) is 5. The summed E-state index contributed by atoms with van der Waals surface area (Å²) in [5.41, 5.74) is 0.205. The van der Waals surface area contributed by atoms with E-state index in [1.54, 1.807) is 0 Å². The number of rotatable bonds is 2. The molecule has 2 rings (SSSR count). The quantitative estimate of drug-likeness (QED) is 0.797. The molecular weight excluding hydrogens is 353 g/mol. The van der Waals surface area contributed by atoms with Gasteiger partial charge in [-0.3, -0.25) is 10.1 Å². The van der Waals surface area contributed by atoms with Gasteiger partial charge >= 0.3 is 5.97 Å². The van der Waals surface area contributed by atoms with Gasteiger partial charge in [0.2, 0.25) is 0 Å². The lowest BCUT2D eigenvalue weighted by atomic mass is 10.1. The first-order valence-electron chi connectivity index (χ1n) is 5.81. The van der Waals surface area contributed by atoms with Gasteiger partial charge in [0, 0.05) is 16.1 Å². The summed E-state index contributed by atoms with van der Waals surface area (Å²) in [6.07, 6.45) is 0. The average Bonchev–Trinajstić information content (AvgIpc) is 2.38. The van der Waals surface area contributed by atoms with Crippen molar-refractivity contribution in [2.75, 3.05) is 18.6 Å². The van der Waals surface area contributed by atoms with Crippen LogP contribution in [0, 0.1) is 5.82 Å². The zero-order valence-electron chi connectivity index (χ0n) is 10.6. The molecule has 0 spiro atoms. The van der Waals surface area contributed by atoms with Crippen molar-refractivity contribution in [2.24, 2.45) is 0 Å². The minimum Gasteiger partial charge on any atom is -0.468 e. The molecular formula is C12H13BrFNO4S. The van der Waals surface area contributed by atoms with E-state index in [4.69, 9.17) is 0 Å². The molecule has 20 heavy (non-hydrogen) atoms. The van der Waals surface area contributed by atoms with E-state index in [0.717, 1.165) is 0 Å². The fourth-order valence-corrected chi connectivity index (χ4v) is 4.19. The molecule has 8 heteroatoms. The van der Waals surface area contributed by atoms with Gasteiger partial charge in [-0.15, -0.1) is 0 Å². The summed E-state index contributed by atoms with van der Waals surface area (Å²) in [6, 6.07) is 2.50. The predicted octanol–water partition coefficient (Wildman–Crippen LogP) is 1.19. The monoisotopic (exact) mass is 365 g/mol. The van der Waals surface area contributed by atoms with Crippen LogP contribution in [0.15, 0.2) is 22.7 Å². The van der Waals surface area contributed by atoms with E-state index in [2.05, 4.69) is 26.0 Å². The molecule has 1 aliphatic rings. The lowest BCUT2D eigenvalue weighted by Crippen LogP contribution is -2.51. The van der Waals surface area contributed by atoms with Crippen LogP contribution in [-0.4, -0.2) is 39.0 Å². The van der Waals surface area contributed by atoms with Crippen molar-refractivity contribution in [3.63, 3.8) is 0 Å². The summed E-state index contributed by atoms with van der Waals surface area (Å²) in [4.78, 5) is 11.5. The van der Waals surface area contributed by atoms with Crippen molar-refractivity contribution in [2.45, 2.75) is 12.1 Å². The van der Waals surface area contributed by atoms with Crippen molar-refractivity contribution in [1.29, 1.82) is 0 Å². The third kappa shape index (κ3) is 3.36. The largest absolute Gasteiger partial charge is 0.468 e. The van der Waals surface area contributed by atoms with Crippen molar-refractivity contribution >= 4 is 31.7 Å². The summed E-state index contributed by atoms with van der Waals surface area (Å²) in [6.45, 7) is 0. The molecule has 1 heterocycles. The number of carbonyl (C=O) groups excluding carboxylic acids is 1. The number of benzene rings is 1. The van der Waals surface area contributed by atoms with Crippen molar-refractivity contribution < 1.29 is 22.3 Å². The van der Waals surface area contributed by atoms with E-state index < -0.39 is 33.7 Å². The molecule has 110 valence electrons. The van der Waals surface area contributed by atoms with E-state index in [1.165, 1.54) is 25.3 Å². The SMILES string of the molecule is COC(=O)C1CS(=O)(=O)CC(c2cc(Br)ccc2F)N1. The Kier molecular flexibility index (Phi) is 4.46. The van der Waals surface area contributed by atoms with Crippen LogP contribution in [0.1, 0.15) is 11.6 Å². The molecule has 1 aromatic carbocycles. The third-order valence-electron chi connectivity index (χ3n) is 3.06. The maximum absolute atomic E-state index is 13.8. The second-order valence-electron chi connectivity index (χ2n) is 4.54. The van der Waals surface area contributed by atoms with Crippen LogP contribution in [0.5, 0.6) is 0 Å². The Morgan fingerprint density at radius 2 is 2.15 bits per heavy atom. The van der Waals surface area contributed by atoms with Crippen LogP contribution < -0.4 is 5.32 Å². The van der Waals surface area contributed by atoms with Gasteiger partial charge in [0.1, 0.15) is 11.9 Å². The molecule has 1 aliphatic heterocycles. The van der Waals surface area contributed by atoms with Crippen LogP contribution in [-0.2, 0) is 19.4 Å². The van der Waals surface area contributed by atoms with Gasteiger partial charge in [0.15, 0.2) is 9.84 Å². The molecule has 1 N–H and O–H groups in total. The maximum atomic E-state index is 13.8. The Balaban J connectivity index is 2.36. The minimum atomic E-state index is -3.46. The molecule has 2 unspecified atom stereocenters. The van der Waals surface area contributed by atoms with Gasteiger partial charge in [-0.2, -0.15) is 0 Å². The van der Waals surface area contributed by atoms with Crippen LogP contribution in [0.25, 0.3) is 0 Å². The normalized spacial score (nSPS) is 25.1. The van der Waals surface area contributed by atoms with Crippen molar-refractivity contribution in [1.82, 2.24) is 5.32 Å². The summed E-state index contributed by atoms with van der Waals surface area (Å²) in [5.74, 6) is -1.79. The molecule has 0 saturated carbocycles. The molecule has 0 aromatic heterocycles. The number of carbonyl (C=O) groups is 1. The Hall–Kier alpha value is -0.990. The highest BCUT2D eigenvalue weighted by Crippen LogP contribution is 2.26. The summed E-state index contributed by atoms with van der Waals surface area (Å²) in [5, 5.41) is 2.83. The Morgan fingerprint density at radius 1 is 1.45 bits per heavy atom. The molecule has 1 aromatic rings. The first kappa shape index (κ1) is 15.4. The number of hydrogen-bond donors (Lipinski definition) is 1.